The highest BCUT2D eigenvalue weighted by Crippen LogP contribution is 2.31. The monoisotopic (exact) mass is 533 g/mol. The molecule has 3 N–H and O–H groups in total. The molecule has 1 aliphatic rings. The lowest BCUT2D eigenvalue weighted by atomic mass is 9.85. The molecular weight excluding hydrogens is 494 g/mol. The number of benzene rings is 2. The van der Waals surface area contributed by atoms with Crippen LogP contribution < -0.4 is 10.6 Å². The van der Waals surface area contributed by atoms with E-state index in [0.717, 1.165) is 48.1 Å². The number of aromatic nitrogens is 2. The van der Waals surface area contributed by atoms with Crippen LogP contribution in [0.15, 0.2) is 48.5 Å². The average Bonchev–Trinajstić information content (AvgIpc) is 3.53. The van der Waals surface area contributed by atoms with E-state index in [4.69, 9.17) is 4.98 Å². The highest BCUT2D eigenvalue weighted by Gasteiger charge is 2.36. The average molecular weight is 534 g/mol. The SMILES string of the molecule is Cn1c(-c2ccccc2)nc2cc(NC(=O)[C@@H](NC(=O)[C@H](CC3CCCC3)CN(O)C=O)C(C)(C)C)ccc21. The van der Waals surface area contributed by atoms with Crippen molar-refractivity contribution in [2.45, 2.75) is 58.9 Å². The topological polar surface area (TPSA) is 117 Å². The van der Waals surface area contributed by atoms with Crippen molar-refractivity contribution in [3.05, 3.63) is 48.5 Å². The molecule has 1 fully saturated rings. The minimum Gasteiger partial charge on any atom is -0.343 e. The molecule has 0 unspecified atom stereocenters. The molecule has 4 rings (SSSR count). The number of nitrogens with one attached hydrogen (secondary N) is 2. The van der Waals surface area contributed by atoms with E-state index in [1.807, 2.05) is 80.9 Å². The summed E-state index contributed by atoms with van der Waals surface area (Å²) in [5.41, 5.74) is 2.68. The van der Waals surface area contributed by atoms with Crippen molar-refractivity contribution >= 4 is 34.9 Å². The van der Waals surface area contributed by atoms with E-state index >= 15 is 0 Å². The summed E-state index contributed by atoms with van der Waals surface area (Å²) >= 11 is 0. The maximum Gasteiger partial charge on any atom is 0.247 e. The van der Waals surface area contributed by atoms with Crippen molar-refractivity contribution in [2.75, 3.05) is 11.9 Å². The minimum atomic E-state index is -0.834. The van der Waals surface area contributed by atoms with Crippen LogP contribution in [0.3, 0.4) is 0 Å². The summed E-state index contributed by atoms with van der Waals surface area (Å²) < 4.78 is 2.02. The Morgan fingerprint density at radius 3 is 2.46 bits per heavy atom. The molecular formula is C30H39N5O4. The zero-order valence-corrected chi connectivity index (χ0v) is 23.2. The standard InChI is InChI=1S/C30H39N5O4/c1-30(2,3)26(33-28(37)22(18-35(39)19-36)16-20-10-8-9-11-20)29(38)31-23-14-15-25-24(17-23)32-27(34(25)4)21-12-6-5-7-13-21/h5-7,12-15,17,19-20,22,26,39H,8-11,16,18H2,1-4H3,(H,31,38)(H,33,37)/t22-,26-/m1/s1. The van der Waals surface area contributed by atoms with Crippen molar-refractivity contribution < 1.29 is 19.6 Å². The Morgan fingerprint density at radius 2 is 1.82 bits per heavy atom. The molecule has 9 nitrogen and oxygen atoms in total. The van der Waals surface area contributed by atoms with Gasteiger partial charge >= 0.3 is 0 Å². The minimum absolute atomic E-state index is 0.107. The van der Waals surface area contributed by atoms with Gasteiger partial charge in [0.2, 0.25) is 18.2 Å². The lowest BCUT2D eigenvalue weighted by Gasteiger charge is -2.32. The van der Waals surface area contributed by atoms with Gasteiger partial charge in [0.1, 0.15) is 11.9 Å². The van der Waals surface area contributed by atoms with E-state index in [2.05, 4.69) is 10.6 Å². The summed E-state index contributed by atoms with van der Waals surface area (Å²) in [6.45, 7) is 5.56. The van der Waals surface area contributed by atoms with E-state index in [9.17, 15) is 19.6 Å². The van der Waals surface area contributed by atoms with E-state index < -0.39 is 17.4 Å². The molecule has 1 saturated carbocycles. The van der Waals surface area contributed by atoms with Crippen LogP contribution >= 0.6 is 0 Å². The number of nitrogens with zero attached hydrogens (tertiary/aromatic N) is 3. The normalized spacial score (nSPS) is 15.6. The fourth-order valence-electron chi connectivity index (χ4n) is 5.45. The third-order valence-electron chi connectivity index (χ3n) is 7.59. The van der Waals surface area contributed by atoms with Crippen molar-refractivity contribution in [2.24, 2.45) is 24.3 Å². The molecule has 1 aromatic heterocycles. The summed E-state index contributed by atoms with van der Waals surface area (Å²) in [5, 5.41) is 16.2. The second-order valence-electron chi connectivity index (χ2n) is 11.7. The number of rotatable bonds is 10. The number of amides is 3. The molecule has 1 aliphatic carbocycles. The Bertz CT molecular complexity index is 1310. The van der Waals surface area contributed by atoms with Gasteiger partial charge in [-0.1, -0.05) is 76.8 Å². The summed E-state index contributed by atoms with van der Waals surface area (Å²) in [6.07, 6.45) is 5.17. The second-order valence-corrected chi connectivity index (χ2v) is 11.7. The number of aryl methyl sites for hydroxylation is 1. The lowest BCUT2D eigenvalue weighted by Crippen LogP contribution is -2.54. The smallest absolute Gasteiger partial charge is 0.247 e. The van der Waals surface area contributed by atoms with Crippen molar-refractivity contribution in [1.82, 2.24) is 19.9 Å². The second kappa shape index (κ2) is 12.0. The molecule has 39 heavy (non-hydrogen) atoms. The van der Waals surface area contributed by atoms with Gasteiger partial charge in [-0.15, -0.1) is 0 Å². The summed E-state index contributed by atoms with van der Waals surface area (Å²) in [4.78, 5) is 42.7. The number of hydrogen-bond donors (Lipinski definition) is 3. The van der Waals surface area contributed by atoms with Gasteiger partial charge in [0, 0.05) is 18.3 Å². The van der Waals surface area contributed by atoms with Crippen LogP contribution in [-0.2, 0) is 21.4 Å². The van der Waals surface area contributed by atoms with E-state index in [0.29, 0.717) is 29.5 Å². The van der Waals surface area contributed by atoms with Crippen molar-refractivity contribution in [3.8, 4) is 11.4 Å². The van der Waals surface area contributed by atoms with Crippen molar-refractivity contribution in [1.29, 1.82) is 0 Å². The molecule has 1 heterocycles. The Balaban J connectivity index is 1.52. The summed E-state index contributed by atoms with van der Waals surface area (Å²) in [7, 11) is 1.96. The Labute approximate surface area is 229 Å². The van der Waals surface area contributed by atoms with Crippen LogP contribution in [0.5, 0.6) is 0 Å². The number of hydrogen-bond acceptors (Lipinski definition) is 5. The Hall–Kier alpha value is -3.72. The number of imidazole rings is 1. The van der Waals surface area contributed by atoms with Gasteiger partial charge < -0.3 is 15.2 Å². The molecule has 208 valence electrons. The predicted molar refractivity (Wildman–Crippen MR) is 151 cm³/mol. The molecule has 3 aromatic rings. The van der Waals surface area contributed by atoms with Crippen LogP contribution in [-0.4, -0.2) is 50.6 Å². The Kier molecular flexibility index (Phi) is 8.70. The highest BCUT2D eigenvalue weighted by molar-refractivity contribution is 5.99. The molecule has 3 amide bonds. The first-order chi connectivity index (χ1) is 18.6. The molecule has 2 atom stereocenters. The molecule has 2 aromatic carbocycles. The van der Waals surface area contributed by atoms with Gasteiger partial charge in [-0.25, -0.2) is 10.0 Å². The zero-order valence-electron chi connectivity index (χ0n) is 23.2. The fourth-order valence-corrected chi connectivity index (χ4v) is 5.45. The highest BCUT2D eigenvalue weighted by atomic mass is 16.5. The van der Waals surface area contributed by atoms with Crippen LogP contribution in [0.4, 0.5) is 5.69 Å². The number of fused-ring (bicyclic) bond motifs is 1. The van der Waals surface area contributed by atoms with Crippen LogP contribution in [0.2, 0.25) is 0 Å². The molecule has 0 saturated heterocycles. The maximum atomic E-state index is 13.5. The first-order valence-electron chi connectivity index (χ1n) is 13.6. The number of hydroxylamine groups is 2. The fraction of sp³-hybridized carbons (Fsp3) is 0.467. The van der Waals surface area contributed by atoms with Gasteiger partial charge in [-0.05, 0) is 36.0 Å². The van der Waals surface area contributed by atoms with Crippen LogP contribution in [0.1, 0.15) is 52.9 Å². The van der Waals surface area contributed by atoms with Crippen LogP contribution in [0.25, 0.3) is 22.4 Å². The molecule has 0 spiro atoms. The van der Waals surface area contributed by atoms with Gasteiger partial charge in [0.05, 0.1) is 23.5 Å². The first-order valence-corrected chi connectivity index (χ1v) is 13.6. The molecule has 0 aliphatic heterocycles. The molecule has 0 radical (unpaired) electrons. The summed E-state index contributed by atoms with van der Waals surface area (Å²) in [5.74, 6) is -0.0953. The quantitative estimate of drug-likeness (QED) is 0.198. The molecule has 9 heteroatoms. The maximum absolute atomic E-state index is 13.5. The third kappa shape index (κ3) is 6.84. The van der Waals surface area contributed by atoms with Crippen molar-refractivity contribution in [3.63, 3.8) is 0 Å². The number of carbonyl (C=O) groups is 3. The predicted octanol–water partition coefficient (Wildman–Crippen LogP) is 4.75. The van der Waals surface area contributed by atoms with Gasteiger partial charge in [0.15, 0.2) is 0 Å². The first kappa shape index (κ1) is 28.3. The lowest BCUT2D eigenvalue weighted by molar-refractivity contribution is -0.155. The van der Waals surface area contributed by atoms with Gasteiger partial charge in [-0.2, -0.15) is 0 Å². The zero-order chi connectivity index (χ0) is 28.2. The largest absolute Gasteiger partial charge is 0.343 e. The summed E-state index contributed by atoms with van der Waals surface area (Å²) in [6, 6.07) is 14.7. The Morgan fingerprint density at radius 1 is 1.13 bits per heavy atom. The van der Waals surface area contributed by atoms with E-state index in [-0.39, 0.29) is 18.4 Å². The molecule has 0 bridgehead atoms. The van der Waals surface area contributed by atoms with Crippen LogP contribution in [0, 0.1) is 17.3 Å². The number of carbonyl (C=O) groups excluding carboxylic acids is 3. The third-order valence-corrected chi connectivity index (χ3v) is 7.59. The van der Waals surface area contributed by atoms with E-state index in [1.54, 1.807) is 0 Å². The van der Waals surface area contributed by atoms with Gasteiger partial charge in [-0.3, -0.25) is 19.6 Å². The van der Waals surface area contributed by atoms with Gasteiger partial charge in [0.25, 0.3) is 0 Å². The van der Waals surface area contributed by atoms with E-state index in [1.165, 1.54) is 0 Å². The number of anilines is 1.